The summed E-state index contributed by atoms with van der Waals surface area (Å²) in [5.74, 6) is -2.35. The first-order valence-corrected chi connectivity index (χ1v) is 12.9. The molecular weight excluding hydrogens is 537 g/mol. The molecule has 10 nitrogen and oxygen atoms in total. The van der Waals surface area contributed by atoms with Gasteiger partial charge in [0.25, 0.3) is 5.91 Å². The zero-order chi connectivity index (χ0) is 27.1. The molecule has 15 heteroatoms. The van der Waals surface area contributed by atoms with Crippen LogP contribution in [0.25, 0.3) is 0 Å². The number of aryl methyl sites for hydroxylation is 1. The number of halogens is 4. The van der Waals surface area contributed by atoms with Crippen LogP contribution in [0.1, 0.15) is 27.9 Å². The van der Waals surface area contributed by atoms with E-state index in [2.05, 4.69) is 20.7 Å². The molecule has 1 aromatic heterocycles. The Labute approximate surface area is 214 Å². The van der Waals surface area contributed by atoms with Gasteiger partial charge in [-0.3, -0.25) is 9.59 Å². The van der Waals surface area contributed by atoms with E-state index in [0.717, 1.165) is 5.01 Å². The van der Waals surface area contributed by atoms with Gasteiger partial charge in [0.15, 0.2) is 15.7 Å². The highest BCUT2D eigenvalue weighted by atomic mass is 35.5. The molecule has 2 aromatic rings. The number of anilines is 2. The van der Waals surface area contributed by atoms with E-state index in [1.165, 1.54) is 37.4 Å². The summed E-state index contributed by atoms with van der Waals surface area (Å²) in [6, 6.07) is 5.17. The fraction of sp³-hybridized carbons (Fsp3) is 0.318. The summed E-state index contributed by atoms with van der Waals surface area (Å²) in [7, 11) is -3.24. The summed E-state index contributed by atoms with van der Waals surface area (Å²) in [4.78, 5) is 30.2. The smallest absolute Gasteiger partial charge is 0.347 e. The lowest BCUT2D eigenvalue weighted by Gasteiger charge is -2.27. The van der Waals surface area contributed by atoms with Crippen LogP contribution in [0.15, 0.2) is 35.6 Å². The molecule has 37 heavy (non-hydrogen) atoms. The maximum atomic E-state index is 13.5. The highest BCUT2D eigenvalue weighted by molar-refractivity contribution is 7.92. The van der Waals surface area contributed by atoms with Crippen LogP contribution < -0.4 is 15.6 Å². The molecule has 1 unspecified atom stereocenters. The maximum absolute atomic E-state index is 13.5. The lowest BCUT2D eigenvalue weighted by Crippen LogP contribution is -2.53. The van der Waals surface area contributed by atoms with Gasteiger partial charge < -0.3 is 10.6 Å². The second-order valence-electron chi connectivity index (χ2n) is 8.48. The fourth-order valence-electron chi connectivity index (χ4n) is 3.94. The Morgan fingerprint density at radius 2 is 1.97 bits per heavy atom. The van der Waals surface area contributed by atoms with Gasteiger partial charge in [-0.25, -0.2) is 18.4 Å². The van der Waals surface area contributed by atoms with Crippen molar-refractivity contribution in [1.29, 1.82) is 5.26 Å². The van der Waals surface area contributed by atoms with Crippen LogP contribution in [0.2, 0.25) is 5.02 Å². The fourth-order valence-corrected chi connectivity index (χ4v) is 5.44. The molecule has 0 saturated carbocycles. The Morgan fingerprint density at radius 1 is 1.27 bits per heavy atom. The summed E-state index contributed by atoms with van der Waals surface area (Å²) in [5, 5.41) is 18.6. The van der Waals surface area contributed by atoms with Crippen LogP contribution in [0.3, 0.4) is 0 Å². The molecule has 3 heterocycles. The number of nitrogens with one attached hydrogen (secondary N) is 2. The third-order valence-corrected chi connectivity index (χ3v) is 7.81. The van der Waals surface area contributed by atoms with Gasteiger partial charge in [0, 0.05) is 12.6 Å². The van der Waals surface area contributed by atoms with E-state index in [1.807, 2.05) is 6.07 Å². The summed E-state index contributed by atoms with van der Waals surface area (Å²) >= 11 is 6.10. The van der Waals surface area contributed by atoms with Gasteiger partial charge in [-0.15, -0.1) is 0 Å². The van der Waals surface area contributed by atoms with Gasteiger partial charge in [-0.2, -0.15) is 23.5 Å². The third kappa shape index (κ3) is 5.52. The number of hydrogen-bond acceptors (Lipinski definition) is 8. The van der Waals surface area contributed by atoms with Crippen molar-refractivity contribution in [2.45, 2.75) is 31.6 Å². The first-order chi connectivity index (χ1) is 17.3. The molecule has 1 aromatic carbocycles. The maximum Gasteiger partial charge on any atom is 0.431 e. The van der Waals surface area contributed by atoms with E-state index in [1.54, 1.807) is 0 Å². The monoisotopic (exact) mass is 554 g/mol. The van der Waals surface area contributed by atoms with Crippen molar-refractivity contribution in [3.8, 4) is 6.07 Å². The first-order valence-electron chi connectivity index (χ1n) is 10.7. The Hall–Kier alpha value is -3.70. The van der Waals surface area contributed by atoms with E-state index in [0.29, 0.717) is 0 Å². The minimum Gasteiger partial charge on any atom is -0.347 e. The average Bonchev–Trinajstić information content (AvgIpc) is 3.25. The molecule has 1 atom stereocenters. The van der Waals surface area contributed by atoms with E-state index >= 15 is 0 Å². The SMILES string of the molecule is Cc1cc(C#N)cc(C(=O)NC2CS(=O)(=O)C2)c1NC(=O)C1CC(C(F)(F)F)=NN1c1ncccc1Cl. The minimum absolute atomic E-state index is 0.0301. The number of alkyl halides is 3. The Morgan fingerprint density at radius 3 is 2.57 bits per heavy atom. The molecule has 0 radical (unpaired) electrons. The largest absolute Gasteiger partial charge is 0.431 e. The van der Waals surface area contributed by atoms with Crippen molar-refractivity contribution in [3.05, 3.63) is 52.2 Å². The molecular formula is C22H18ClF3N6O4S. The average molecular weight is 555 g/mol. The summed E-state index contributed by atoms with van der Waals surface area (Å²) in [6.45, 7) is 1.50. The van der Waals surface area contributed by atoms with Crippen molar-refractivity contribution in [2.75, 3.05) is 21.8 Å². The number of hydrazone groups is 1. The molecule has 2 aliphatic rings. The highest BCUT2D eigenvalue weighted by Crippen LogP contribution is 2.34. The van der Waals surface area contributed by atoms with Crippen LogP contribution in [-0.2, 0) is 14.6 Å². The van der Waals surface area contributed by atoms with Crippen molar-refractivity contribution >= 4 is 50.5 Å². The van der Waals surface area contributed by atoms with Gasteiger partial charge in [0.2, 0.25) is 5.91 Å². The van der Waals surface area contributed by atoms with Gasteiger partial charge in [0.1, 0.15) is 11.8 Å². The number of pyridine rings is 1. The van der Waals surface area contributed by atoms with Gasteiger partial charge in [-0.1, -0.05) is 11.6 Å². The minimum atomic E-state index is -4.81. The molecule has 2 N–H and O–H groups in total. The predicted octanol–water partition coefficient (Wildman–Crippen LogP) is 2.58. The number of nitrogens with zero attached hydrogens (tertiary/aromatic N) is 4. The van der Waals surface area contributed by atoms with Crippen molar-refractivity contribution < 1.29 is 31.2 Å². The Kier molecular flexibility index (Phi) is 6.87. The van der Waals surface area contributed by atoms with Crippen LogP contribution in [-0.4, -0.2) is 60.7 Å². The van der Waals surface area contributed by atoms with Gasteiger partial charge in [-0.05, 0) is 36.8 Å². The highest BCUT2D eigenvalue weighted by Gasteiger charge is 2.46. The number of amides is 2. The van der Waals surface area contributed by atoms with Gasteiger partial charge in [0.05, 0.1) is 45.5 Å². The number of nitriles is 1. The van der Waals surface area contributed by atoms with Crippen LogP contribution in [0.5, 0.6) is 0 Å². The number of hydrogen-bond donors (Lipinski definition) is 2. The predicted molar refractivity (Wildman–Crippen MR) is 128 cm³/mol. The molecule has 2 amide bonds. The van der Waals surface area contributed by atoms with E-state index in [9.17, 15) is 36.4 Å². The summed E-state index contributed by atoms with van der Waals surface area (Å²) in [5.41, 5.74) is -1.03. The number of benzene rings is 1. The quantitative estimate of drug-likeness (QED) is 0.578. The standard InChI is InChI=1S/C22H18ClF3N6O4S/c1-11-5-12(8-27)6-14(20(33)29-13-9-37(35,36)10-13)18(11)30-21(34)16-7-17(22(24,25)26)31-32(16)19-15(23)3-2-4-28-19/h2-6,13,16H,7,9-10H2,1H3,(H,29,33)(H,30,34). The van der Waals surface area contributed by atoms with Gasteiger partial charge >= 0.3 is 6.18 Å². The lowest BCUT2D eigenvalue weighted by atomic mass is 10.0. The first kappa shape index (κ1) is 26.4. The number of rotatable bonds is 5. The molecule has 4 rings (SSSR count). The number of carbonyl (C=O) groups excluding carboxylic acids is 2. The molecule has 1 fully saturated rings. The second-order valence-corrected chi connectivity index (χ2v) is 11.0. The van der Waals surface area contributed by atoms with Crippen LogP contribution >= 0.6 is 11.6 Å². The molecule has 1 saturated heterocycles. The molecule has 194 valence electrons. The number of carbonyl (C=O) groups is 2. The van der Waals surface area contributed by atoms with E-state index in [4.69, 9.17) is 11.6 Å². The Bertz CT molecular complexity index is 1460. The lowest BCUT2D eigenvalue weighted by molar-refractivity contribution is -0.117. The molecule has 0 aliphatic carbocycles. The summed E-state index contributed by atoms with van der Waals surface area (Å²) < 4.78 is 63.3. The third-order valence-electron chi connectivity index (χ3n) is 5.70. The number of sulfone groups is 1. The second kappa shape index (κ2) is 9.64. The Balaban J connectivity index is 1.66. The molecule has 2 aliphatic heterocycles. The molecule has 0 spiro atoms. The summed E-state index contributed by atoms with van der Waals surface area (Å²) in [6.07, 6.45) is -4.34. The van der Waals surface area contributed by atoms with Crippen LogP contribution in [0.4, 0.5) is 24.7 Å². The topological polar surface area (TPSA) is 145 Å². The molecule has 0 bridgehead atoms. The van der Waals surface area contributed by atoms with E-state index in [-0.39, 0.29) is 44.7 Å². The van der Waals surface area contributed by atoms with Crippen molar-refractivity contribution in [1.82, 2.24) is 10.3 Å². The normalized spacial score (nSPS) is 19.0. The van der Waals surface area contributed by atoms with Crippen molar-refractivity contribution in [2.24, 2.45) is 5.10 Å². The zero-order valence-corrected chi connectivity index (χ0v) is 20.6. The zero-order valence-electron chi connectivity index (χ0n) is 19.0. The van der Waals surface area contributed by atoms with Crippen LogP contribution in [0, 0.1) is 18.3 Å². The number of aromatic nitrogens is 1. The van der Waals surface area contributed by atoms with Crippen molar-refractivity contribution in [3.63, 3.8) is 0 Å². The van der Waals surface area contributed by atoms with E-state index < -0.39 is 52.0 Å².